The molecule has 0 unspecified atom stereocenters. The Morgan fingerprint density at radius 1 is 1.05 bits per heavy atom. The summed E-state index contributed by atoms with van der Waals surface area (Å²) in [5.41, 5.74) is 1.61. The van der Waals surface area contributed by atoms with Crippen LogP contribution in [0.3, 0.4) is 0 Å². The maximum atomic E-state index is 12.6. The molecule has 1 aliphatic rings. The van der Waals surface area contributed by atoms with Gasteiger partial charge in [-0.1, -0.05) is 56.3 Å². The zero-order valence-corrected chi connectivity index (χ0v) is 13.1. The molecule has 3 rings (SSSR count). The molecule has 0 radical (unpaired) electrons. The van der Waals surface area contributed by atoms with Crippen molar-refractivity contribution in [3.63, 3.8) is 0 Å². The quantitative estimate of drug-likeness (QED) is 0.758. The van der Waals surface area contributed by atoms with Gasteiger partial charge < -0.3 is 0 Å². The van der Waals surface area contributed by atoms with Crippen molar-refractivity contribution in [2.75, 3.05) is 0 Å². The Morgan fingerprint density at radius 2 is 1.71 bits per heavy atom. The largest absolute Gasteiger partial charge is 0.299 e. The van der Waals surface area contributed by atoms with Crippen LogP contribution in [0.4, 0.5) is 0 Å². The molecule has 110 valence electrons. The fourth-order valence-corrected chi connectivity index (χ4v) is 3.50. The van der Waals surface area contributed by atoms with Gasteiger partial charge in [0.25, 0.3) is 0 Å². The predicted octanol–water partition coefficient (Wildman–Crippen LogP) is 5.17. The van der Waals surface area contributed by atoms with E-state index in [0.29, 0.717) is 17.6 Å². The summed E-state index contributed by atoms with van der Waals surface area (Å²) in [6.45, 7) is 4.64. The van der Waals surface area contributed by atoms with E-state index in [9.17, 15) is 4.79 Å². The molecule has 1 saturated carbocycles. The Bertz CT molecular complexity index is 638. The third kappa shape index (κ3) is 3.18. The van der Waals surface area contributed by atoms with E-state index >= 15 is 0 Å². The number of carbonyl (C=O) groups is 1. The highest BCUT2D eigenvalue weighted by Gasteiger charge is 2.30. The van der Waals surface area contributed by atoms with Gasteiger partial charge in [-0.05, 0) is 47.4 Å². The first-order chi connectivity index (χ1) is 10.1. The highest BCUT2D eigenvalue weighted by atomic mass is 16.1. The number of ketones is 1. The van der Waals surface area contributed by atoms with Crippen LogP contribution in [0.25, 0.3) is 10.8 Å². The lowest BCUT2D eigenvalue weighted by atomic mass is 9.71. The van der Waals surface area contributed by atoms with Crippen LogP contribution in [0.2, 0.25) is 0 Å². The second-order valence-electron chi connectivity index (χ2n) is 7.22. The molecule has 0 atom stereocenters. The minimum absolute atomic E-state index is 0.275. The number of hydrogen-bond acceptors (Lipinski definition) is 1. The summed E-state index contributed by atoms with van der Waals surface area (Å²) in [4.78, 5) is 12.6. The molecule has 21 heavy (non-hydrogen) atoms. The van der Waals surface area contributed by atoms with Gasteiger partial charge in [0, 0.05) is 12.3 Å². The van der Waals surface area contributed by atoms with Gasteiger partial charge in [-0.3, -0.25) is 4.79 Å². The van der Waals surface area contributed by atoms with Crippen LogP contribution >= 0.6 is 0 Å². The summed E-state index contributed by atoms with van der Waals surface area (Å²) < 4.78 is 0. The Morgan fingerprint density at radius 3 is 2.48 bits per heavy atom. The van der Waals surface area contributed by atoms with E-state index in [2.05, 4.69) is 56.3 Å². The van der Waals surface area contributed by atoms with Crippen LogP contribution in [0, 0.1) is 11.3 Å². The molecule has 1 aliphatic carbocycles. The van der Waals surface area contributed by atoms with E-state index in [0.717, 1.165) is 12.8 Å². The predicted molar refractivity (Wildman–Crippen MR) is 88.4 cm³/mol. The number of carbonyl (C=O) groups excluding carboxylic acids is 1. The molecule has 0 amide bonds. The molecule has 0 aliphatic heterocycles. The van der Waals surface area contributed by atoms with Gasteiger partial charge in [0.05, 0.1) is 0 Å². The maximum Gasteiger partial charge on any atom is 0.140 e. The van der Waals surface area contributed by atoms with Crippen LogP contribution < -0.4 is 0 Å². The van der Waals surface area contributed by atoms with Crippen molar-refractivity contribution in [1.82, 2.24) is 0 Å². The summed E-state index contributed by atoms with van der Waals surface area (Å²) in [5, 5.41) is 2.46. The monoisotopic (exact) mass is 280 g/mol. The lowest BCUT2D eigenvalue weighted by Gasteiger charge is -2.33. The molecule has 1 nitrogen and oxygen atoms in total. The van der Waals surface area contributed by atoms with Crippen molar-refractivity contribution in [2.45, 2.75) is 46.0 Å². The smallest absolute Gasteiger partial charge is 0.140 e. The summed E-state index contributed by atoms with van der Waals surface area (Å²) in [6, 6.07) is 14.6. The zero-order valence-electron chi connectivity index (χ0n) is 13.1. The average molecular weight is 280 g/mol. The highest BCUT2D eigenvalue weighted by Crippen LogP contribution is 2.38. The lowest BCUT2D eigenvalue weighted by Crippen LogP contribution is -2.27. The summed E-state index contributed by atoms with van der Waals surface area (Å²) in [7, 11) is 0. The van der Waals surface area contributed by atoms with E-state index in [1.165, 1.54) is 29.2 Å². The van der Waals surface area contributed by atoms with Crippen molar-refractivity contribution in [1.29, 1.82) is 0 Å². The Kier molecular flexibility index (Phi) is 3.84. The first-order valence-electron chi connectivity index (χ1n) is 8.04. The van der Waals surface area contributed by atoms with Gasteiger partial charge in [0.2, 0.25) is 0 Å². The van der Waals surface area contributed by atoms with Gasteiger partial charge in [0.1, 0.15) is 5.78 Å². The van der Waals surface area contributed by atoms with Crippen molar-refractivity contribution in [3.8, 4) is 0 Å². The van der Waals surface area contributed by atoms with Crippen molar-refractivity contribution in [3.05, 3.63) is 48.0 Å². The fraction of sp³-hybridized carbons (Fsp3) is 0.450. The van der Waals surface area contributed by atoms with Crippen molar-refractivity contribution in [2.24, 2.45) is 11.3 Å². The normalized spacial score (nSPS) is 18.8. The molecule has 1 heteroatoms. The summed E-state index contributed by atoms with van der Waals surface area (Å²) >= 11 is 0. The van der Waals surface area contributed by atoms with Gasteiger partial charge in [-0.25, -0.2) is 0 Å². The van der Waals surface area contributed by atoms with Gasteiger partial charge in [0.15, 0.2) is 0 Å². The first kappa shape index (κ1) is 14.3. The molecule has 0 saturated heterocycles. The molecule has 1 fully saturated rings. The number of benzene rings is 2. The van der Waals surface area contributed by atoms with Crippen LogP contribution in [-0.2, 0) is 11.2 Å². The number of hydrogen-bond donors (Lipinski definition) is 0. The average Bonchev–Trinajstić information content (AvgIpc) is 2.47. The summed E-state index contributed by atoms with van der Waals surface area (Å²) in [5.74, 6) is 0.707. The Balaban J connectivity index is 1.75. The number of Topliss-reactive ketones (excluding diaryl/α,β-unsaturated/α-hetero) is 1. The molecule has 2 aromatic carbocycles. The molecular weight excluding hydrogens is 256 g/mol. The standard InChI is InChI=1S/C20H24O/c1-20(2)12-10-16(11-13-20)19(21)14-17-8-5-7-15-6-3-4-9-18(15)17/h3-9,16H,10-14H2,1-2H3. The Labute approximate surface area is 127 Å². The molecule has 0 heterocycles. The second kappa shape index (κ2) is 5.63. The minimum Gasteiger partial charge on any atom is -0.299 e. The molecule has 2 aromatic rings. The molecule has 0 bridgehead atoms. The SMILES string of the molecule is CC1(C)CCC(C(=O)Cc2cccc3ccccc23)CC1. The Hall–Kier alpha value is -1.63. The maximum absolute atomic E-state index is 12.6. The van der Waals surface area contributed by atoms with E-state index in [-0.39, 0.29) is 5.92 Å². The van der Waals surface area contributed by atoms with Crippen LogP contribution in [0.5, 0.6) is 0 Å². The third-order valence-corrected chi connectivity index (χ3v) is 5.04. The minimum atomic E-state index is 0.275. The fourth-order valence-electron chi connectivity index (χ4n) is 3.50. The van der Waals surface area contributed by atoms with E-state index in [4.69, 9.17) is 0 Å². The van der Waals surface area contributed by atoms with Gasteiger partial charge >= 0.3 is 0 Å². The zero-order chi connectivity index (χ0) is 14.9. The molecule has 0 spiro atoms. The van der Waals surface area contributed by atoms with Crippen LogP contribution in [-0.4, -0.2) is 5.78 Å². The van der Waals surface area contributed by atoms with Crippen molar-refractivity contribution >= 4 is 16.6 Å². The van der Waals surface area contributed by atoms with E-state index < -0.39 is 0 Å². The number of fused-ring (bicyclic) bond motifs is 1. The second-order valence-corrected chi connectivity index (χ2v) is 7.22. The molecular formula is C20H24O. The van der Waals surface area contributed by atoms with E-state index in [1.54, 1.807) is 0 Å². The lowest BCUT2D eigenvalue weighted by molar-refractivity contribution is -0.123. The van der Waals surface area contributed by atoms with Crippen molar-refractivity contribution < 1.29 is 4.79 Å². The van der Waals surface area contributed by atoms with Gasteiger partial charge in [-0.15, -0.1) is 0 Å². The first-order valence-corrected chi connectivity index (χ1v) is 8.04. The van der Waals surface area contributed by atoms with Crippen LogP contribution in [0.1, 0.15) is 45.1 Å². The van der Waals surface area contributed by atoms with E-state index in [1.807, 2.05) is 0 Å². The highest BCUT2D eigenvalue weighted by molar-refractivity contribution is 5.91. The molecule has 0 aromatic heterocycles. The molecule has 0 N–H and O–H groups in total. The topological polar surface area (TPSA) is 17.1 Å². The van der Waals surface area contributed by atoms with Crippen LogP contribution in [0.15, 0.2) is 42.5 Å². The number of rotatable bonds is 3. The summed E-state index contributed by atoms with van der Waals surface area (Å²) in [6.07, 6.45) is 5.08. The van der Waals surface area contributed by atoms with Gasteiger partial charge in [-0.2, -0.15) is 0 Å². The third-order valence-electron chi connectivity index (χ3n) is 5.04.